The highest BCUT2D eigenvalue weighted by Gasteiger charge is 2.25. The van der Waals surface area contributed by atoms with E-state index in [9.17, 15) is 0 Å². The molecule has 1 unspecified atom stereocenters. The summed E-state index contributed by atoms with van der Waals surface area (Å²) in [5.74, 6) is 0.768. The number of benzene rings is 1. The van der Waals surface area contributed by atoms with Gasteiger partial charge in [0.1, 0.15) is 5.75 Å². The maximum atomic E-state index is 6.19. The second-order valence-electron chi connectivity index (χ2n) is 5.14. The van der Waals surface area contributed by atoms with Crippen molar-refractivity contribution >= 4 is 11.6 Å². The van der Waals surface area contributed by atoms with Crippen LogP contribution in [-0.4, -0.2) is 23.4 Å². The van der Waals surface area contributed by atoms with E-state index in [1.807, 2.05) is 29.9 Å². The number of aryl methyl sites for hydroxylation is 1. The van der Waals surface area contributed by atoms with Crippen LogP contribution in [0.25, 0.3) is 11.3 Å². The van der Waals surface area contributed by atoms with Crippen LogP contribution in [0.2, 0.25) is 5.02 Å². The molecule has 2 aromatic rings. The Labute approximate surface area is 123 Å². The molecule has 0 aliphatic carbocycles. The van der Waals surface area contributed by atoms with Crippen LogP contribution in [0.5, 0.6) is 5.75 Å². The van der Waals surface area contributed by atoms with E-state index in [4.69, 9.17) is 16.3 Å². The van der Waals surface area contributed by atoms with Crippen molar-refractivity contribution in [1.29, 1.82) is 0 Å². The summed E-state index contributed by atoms with van der Waals surface area (Å²) < 4.78 is 7.26. The fourth-order valence-corrected chi connectivity index (χ4v) is 3.10. The molecule has 1 atom stereocenters. The lowest BCUT2D eigenvalue weighted by molar-refractivity contribution is 0.415. The van der Waals surface area contributed by atoms with Crippen LogP contribution in [0.1, 0.15) is 24.2 Å². The van der Waals surface area contributed by atoms with E-state index in [1.54, 1.807) is 7.11 Å². The van der Waals surface area contributed by atoms with Gasteiger partial charge in [-0.25, -0.2) is 0 Å². The Morgan fingerprint density at radius 1 is 1.40 bits per heavy atom. The van der Waals surface area contributed by atoms with Crippen LogP contribution in [0, 0.1) is 0 Å². The van der Waals surface area contributed by atoms with Crippen LogP contribution in [0.15, 0.2) is 18.2 Å². The van der Waals surface area contributed by atoms with Crippen LogP contribution in [0.3, 0.4) is 0 Å². The molecule has 0 saturated carbocycles. The summed E-state index contributed by atoms with van der Waals surface area (Å²) in [6.45, 7) is 3.12. The number of aromatic nitrogens is 2. The van der Waals surface area contributed by atoms with Crippen molar-refractivity contribution in [2.24, 2.45) is 7.05 Å². The summed E-state index contributed by atoms with van der Waals surface area (Å²) >= 11 is 6.19. The molecule has 4 nitrogen and oxygen atoms in total. The van der Waals surface area contributed by atoms with Crippen molar-refractivity contribution in [1.82, 2.24) is 15.1 Å². The molecule has 0 spiro atoms. The molecule has 0 amide bonds. The van der Waals surface area contributed by atoms with E-state index in [-0.39, 0.29) is 0 Å². The second kappa shape index (κ2) is 5.11. The van der Waals surface area contributed by atoms with Gasteiger partial charge < -0.3 is 10.1 Å². The van der Waals surface area contributed by atoms with Gasteiger partial charge in [0.15, 0.2) is 0 Å². The smallest absolute Gasteiger partial charge is 0.121 e. The molecule has 1 aromatic heterocycles. The number of rotatable bonds is 2. The Hall–Kier alpha value is -1.52. The van der Waals surface area contributed by atoms with E-state index in [2.05, 4.69) is 17.3 Å². The van der Waals surface area contributed by atoms with Gasteiger partial charge in [-0.1, -0.05) is 11.6 Å². The van der Waals surface area contributed by atoms with Crippen molar-refractivity contribution in [2.75, 3.05) is 13.7 Å². The maximum Gasteiger partial charge on any atom is 0.121 e. The predicted octanol–water partition coefficient (Wildman–Crippen LogP) is 2.96. The second-order valence-corrected chi connectivity index (χ2v) is 5.58. The van der Waals surface area contributed by atoms with Gasteiger partial charge in [0, 0.05) is 29.2 Å². The number of halogens is 1. The molecule has 0 radical (unpaired) electrons. The van der Waals surface area contributed by atoms with Gasteiger partial charge in [-0.05, 0) is 38.1 Å². The first-order valence-corrected chi connectivity index (χ1v) is 7.12. The summed E-state index contributed by atoms with van der Waals surface area (Å²) in [7, 11) is 3.63. The van der Waals surface area contributed by atoms with Crippen LogP contribution in [0.4, 0.5) is 0 Å². The molecule has 0 fully saturated rings. The zero-order valence-corrected chi connectivity index (χ0v) is 12.7. The first-order valence-electron chi connectivity index (χ1n) is 6.74. The van der Waals surface area contributed by atoms with Gasteiger partial charge in [0.25, 0.3) is 0 Å². The summed E-state index contributed by atoms with van der Waals surface area (Å²) in [6, 6.07) is 6.09. The van der Waals surface area contributed by atoms with Crippen molar-refractivity contribution in [3.8, 4) is 17.0 Å². The van der Waals surface area contributed by atoms with Crippen molar-refractivity contribution in [2.45, 2.75) is 19.4 Å². The first kappa shape index (κ1) is 13.5. The van der Waals surface area contributed by atoms with E-state index in [1.165, 1.54) is 5.56 Å². The lowest BCUT2D eigenvalue weighted by Gasteiger charge is -2.19. The van der Waals surface area contributed by atoms with Gasteiger partial charge in [-0.3, -0.25) is 4.68 Å². The molecule has 20 heavy (non-hydrogen) atoms. The first-order chi connectivity index (χ1) is 9.60. The molecular formula is C15H18ClN3O. The van der Waals surface area contributed by atoms with Crippen molar-refractivity contribution in [3.05, 3.63) is 34.5 Å². The fourth-order valence-electron chi connectivity index (χ4n) is 2.87. The van der Waals surface area contributed by atoms with E-state index >= 15 is 0 Å². The highest BCUT2D eigenvalue weighted by atomic mass is 35.5. The summed E-state index contributed by atoms with van der Waals surface area (Å²) in [5.41, 5.74) is 4.63. The van der Waals surface area contributed by atoms with E-state index < -0.39 is 0 Å². The molecule has 2 heterocycles. The fraction of sp³-hybridized carbons (Fsp3) is 0.400. The highest BCUT2D eigenvalue weighted by molar-refractivity contribution is 6.31. The standard InChI is InChI=1S/C15H18ClN3O/c1-9-14-13(4-5-17-9)15(19(2)18-14)10-6-11(16)8-12(7-10)20-3/h6-9,17H,4-5H2,1-3H3. The van der Waals surface area contributed by atoms with Gasteiger partial charge in [0.2, 0.25) is 0 Å². The van der Waals surface area contributed by atoms with Gasteiger partial charge in [-0.15, -0.1) is 0 Å². The molecular weight excluding hydrogens is 274 g/mol. The Balaban J connectivity index is 2.17. The Kier molecular flexibility index (Phi) is 3.44. The average Bonchev–Trinajstić information content (AvgIpc) is 2.76. The van der Waals surface area contributed by atoms with Crippen molar-refractivity contribution < 1.29 is 4.74 Å². The predicted molar refractivity (Wildman–Crippen MR) is 80.3 cm³/mol. The number of hydrogen-bond donors (Lipinski definition) is 1. The molecule has 106 valence electrons. The molecule has 1 aromatic carbocycles. The van der Waals surface area contributed by atoms with Crippen molar-refractivity contribution in [3.63, 3.8) is 0 Å². The lowest BCUT2D eigenvalue weighted by Crippen LogP contribution is -2.27. The Morgan fingerprint density at radius 2 is 2.20 bits per heavy atom. The molecule has 1 N–H and O–H groups in total. The minimum Gasteiger partial charge on any atom is -0.497 e. The molecule has 1 aliphatic heterocycles. The normalized spacial score (nSPS) is 17.9. The third kappa shape index (κ3) is 2.19. The summed E-state index contributed by atoms with van der Waals surface area (Å²) in [6.07, 6.45) is 0.984. The topological polar surface area (TPSA) is 39.1 Å². The Morgan fingerprint density at radius 3 is 2.95 bits per heavy atom. The Bertz CT molecular complexity index is 651. The average molecular weight is 292 g/mol. The van der Waals surface area contributed by atoms with Gasteiger partial charge in [0.05, 0.1) is 18.5 Å². The molecule has 5 heteroatoms. The SMILES string of the molecule is COc1cc(Cl)cc(-c2c3c(nn2C)C(C)NCC3)c1. The number of methoxy groups -OCH3 is 1. The zero-order valence-electron chi connectivity index (χ0n) is 11.9. The molecule has 0 bridgehead atoms. The number of ether oxygens (including phenoxy) is 1. The molecule has 1 aliphatic rings. The molecule has 0 saturated heterocycles. The number of hydrogen-bond acceptors (Lipinski definition) is 3. The third-order valence-electron chi connectivity index (χ3n) is 3.79. The number of nitrogens with one attached hydrogen (secondary N) is 1. The van der Waals surface area contributed by atoms with Crippen LogP contribution >= 0.6 is 11.6 Å². The van der Waals surface area contributed by atoms with Crippen LogP contribution < -0.4 is 10.1 Å². The number of nitrogens with zero attached hydrogens (tertiary/aromatic N) is 2. The number of fused-ring (bicyclic) bond motifs is 1. The summed E-state index contributed by atoms with van der Waals surface area (Å²) in [5, 5.41) is 8.78. The quantitative estimate of drug-likeness (QED) is 0.924. The monoisotopic (exact) mass is 291 g/mol. The highest BCUT2D eigenvalue weighted by Crippen LogP contribution is 2.34. The summed E-state index contributed by atoms with van der Waals surface area (Å²) in [4.78, 5) is 0. The zero-order chi connectivity index (χ0) is 14.3. The van der Waals surface area contributed by atoms with E-state index in [0.717, 1.165) is 35.7 Å². The maximum absolute atomic E-state index is 6.19. The molecule has 3 rings (SSSR count). The van der Waals surface area contributed by atoms with Crippen LogP contribution in [-0.2, 0) is 13.5 Å². The third-order valence-corrected chi connectivity index (χ3v) is 4.01. The van der Waals surface area contributed by atoms with Gasteiger partial charge >= 0.3 is 0 Å². The minimum atomic E-state index is 0.291. The lowest BCUT2D eigenvalue weighted by atomic mass is 9.97. The van der Waals surface area contributed by atoms with Gasteiger partial charge in [-0.2, -0.15) is 5.10 Å². The van der Waals surface area contributed by atoms with E-state index in [0.29, 0.717) is 11.1 Å². The minimum absolute atomic E-state index is 0.291. The largest absolute Gasteiger partial charge is 0.497 e.